The number of benzene rings is 1. The Morgan fingerprint density at radius 2 is 2.06 bits per heavy atom. The lowest BCUT2D eigenvalue weighted by Gasteiger charge is -2.38. The number of amides is 1. The van der Waals surface area contributed by atoms with Gasteiger partial charge in [-0.15, -0.1) is 11.8 Å². The number of anilines is 2. The van der Waals surface area contributed by atoms with Crippen LogP contribution in [0, 0.1) is 5.92 Å². The number of carbonyl (C=O) groups excluding carboxylic acids is 1. The Hall–Kier alpha value is -1.16. The zero-order chi connectivity index (χ0) is 13.5. The van der Waals surface area contributed by atoms with E-state index in [2.05, 4.69) is 13.8 Å². The number of hydrogen-bond donors (Lipinski definition) is 1. The van der Waals surface area contributed by atoms with Crippen LogP contribution < -0.4 is 10.6 Å². The third-order valence-corrected chi connectivity index (χ3v) is 4.18. The summed E-state index contributed by atoms with van der Waals surface area (Å²) in [6.45, 7) is 8.94. The number of nitrogens with zero attached hydrogens (tertiary/aromatic N) is 1. The first-order chi connectivity index (χ1) is 8.31. The first kappa shape index (κ1) is 13.3. The van der Waals surface area contributed by atoms with Crippen LogP contribution in [-0.2, 0) is 4.79 Å². The number of fused-ring (bicyclic) bond motifs is 1. The summed E-state index contributed by atoms with van der Waals surface area (Å²) in [6, 6.07) is 5.77. The smallest absolute Gasteiger partial charge is 0.243 e. The van der Waals surface area contributed by atoms with Crippen molar-refractivity contribution in [2.24, 2.45) is 5.92 Å². The van der Waals surface area contributed by atoms with Crippen molar-refractivity contribution in [3.05, 3.63) is 18.2 Å². The van der Waals surface area contributed by atoms with Crippen LogP contribution in [0.4, 0.5) is 11.4 Å². The van der Waals surface area contributed by atoms with Crippen LogP contribution in [0.1, 0.15) is 27.7 Å². The molecule has 0 aliphatic carbocycles. The molecule has 0 saturated carbocycles. The molecule has 0 atom stereocenters. The molecule has 1 amide bonds. The number of nitrogen functional groups attached to an aromatic ring is 1. The fourth-order valence-corrected chi connectivity index (χ4v) is 3.36. The van der Waals surface area contributed by atoms with Gasteiger partial charge in [0, 0.05) is 17.1 Å². The van der Waals surface area contributed by atoms with Crippen LogP contribution in [0.5, 0.6) is 0 Å². The zero-order valence-electron chi connectivity index (χ0n) is 11.4. The fraction of sp³-hybridized carbons (Fsp3) is 0.500. The number of hydrogen-bond acceptors (Lipinski definition) is 3. The van der Waals surface area contributed by atoms with Gasteiger partial charge < -0.3 is 10.6 Å². The fourth-order valence-electron chi connectivity index (χ4n) is 2.13. The van der Waals surface area contributed by atoms with Crippen molar-refractivity contribution in [2.75, 3.05) is 17.2 Å². The van der Waals surface area contributed by atoms with Crippen LogP contribution in [0.2, 0.25) is 0 Å². The molecule has 98 valence electrons. The average molecular weight is 264 g/mol. The molecule has 2 rings (SSSR count). The van der Waals surface area contributed by atoms with Crippen LogP contribution in [0.25, 0.3) is 0 Å². The quantitative estimate of drug-likeness (QED) is 0.835. The van der Waals surface area contributed by atoms with Crippen molar-refractivity contribution in [1.29, 1.82) is 0 Å². The molecule has 2 N–H and O–H groups in total. The van der Waals surface area contributed by atoms with Crippen molar-refractivity contribution in [3.63, 3.8) is 0 Å². The molecular formula is C14H20N2OS. The predicted octanol–water partition coefficient (Wildman–Crippen LogP) is 3.14. The van der Waals surface area contributed by atoms with Crippen molar-refractivity contribution in [3.8, 4) is 0 Å². The number of nitrogens with two attached hydrogens (primary N) is 1. The van der Waals surface area contributed by atoms with Crippen LogP contribution in [-0.4, -0.2) is 17.2 Å². The molecule has 0 bridgehead atoms. The minimum atomic E-state index is -0.421. The van der Waals surface area contributed by atoms with E-state index in [1.807, 2.05) is 36.9 Å². The van der Waals surface area contributed by atoms with E-state index in [1.165, 1.54) is 0 Å². The van der Waals surface area contributed by atoms with Gasteiger partial charge in [-0.2, -0.15) is 0 Å². The van der Waals surface area contributed by atoms with E-state index in [4.69, 9.17) is 5.73 Å². The summed E-state index contributed by atoms with van der Waals surface area (Å²) in [5, 5.41) is 0. The second-order valence-electron chi connectivity index (χ2n) is 5.65. The van der Waals surface area contributed by atoms with Gasteiger partial charge in [-0.25, -0.2) is 0 Å². The summed E-state index contributed by atoms with van der Waals surface area (Å²) in [5.41, 5.74) is 7.57. The van der Waals surface area contributed by atoms with Gasteiger partial charge in [0.1, 0.15) is 0 Å². The maximum atomic E-state index is 12.5. The molecule has 0 saturated heterocycles. The zero-order valence-corrected chi connectivity index (χ0v) is 12.2. The summed E-state index contributed by atoms with van der Waals surface area (Å²) in [5.74, 6) is 0.622. The first-order valence-corrected chi connectivity index (χ1v) is 7.03. The van der Waals surface area contributed by atoms with Gasteiger partial charge in [0.15, 0.2) is 0 Å². The molecule has 4 heteroatoms. The Kier molecular flexibility index (Phi) is 3.32. The Balaban J connectivity index is 2.48. The maximum Gasteiger partial charge on any atom is 0.243 e. The molecule has 1 aliphatic rings. The molecule has 0 radical (unpaired) electrons. The number of rotatable bonds is 2. The topological polar surface area (TPSA) is 46.3 Å². The lowest BCUT2D eigenvalue weighted by molar-refractivity contribution is -0.120. The van der Waals surface area contributed by atoms with Crippen LogP contribution >= 0.6 is 11.8 Å². The van der Waals surface area contributed by atoms with E-state index in [1.54, 1.807) is 11.8 Å². The Bertz CT molecular complexity index is 483. The van der Waals surface area contributed by atoms with Gasteiger partial charge in [0.05, 0.1) is 10.4 Å². The Morgan fingerprint density at radius 3 is 2.67 bits per heavy atom. The van der Waals surface area contributed by atoms with Gasteiger partial charge in [0.2, 0.25) is 5.91 Å². The van der Waals surface area contributed by atoms with Crippen LogP contribution in [0.15, 0.2) is 23.1 Å². The summed E-state index contributed by atoms with van der Waals surface area (Å²) in [7, 11) is 0. The third kappa shape index (κ3) is 2.34. The van der Waals surface area contributed by atoms with Crippen molar-refractivity contribution in [2.45, 2.75) is 37.3 Å². The van der Waals surface area contributed by atoms with Gasteiger partial charge in [-0.3, -0.25) is 4.79 Å². The summed E-state index contributed by atoms with van der Waals surface area (Å²) in [4.78, 5) is 15.5. The molecule has 0 fully saturated rings. The molecule has 0 spiro atoms. The highest BCUT2D eigenvalue weighted by Crippen LogP contribution is 2.45. The minimum absolute atomic E-state index is 0.179. The average Bonchev–Trinajstić information content (AvgIpc) is 2.23. The van der Waals surface area contributed by atoms with E-state index >= 15 is 0 Å². The summed E-state index contributed by atoms with van der Waals surface area (Å²) >= 11 is 1.60. The van der Waals surface area contributed by atoms with E-state index in [-0.39, 0.29) is 5.91 Å². The molecule has 3 nitrogen and oxygen atoms in total. The molecule has 1 aliphatic heterocycles. The molecule has 18 heavy (non-hydrogen) atoms. The molecule has 1 aromatic rings. The monoisotopic (exact) mass is 264 g/mol. The van der Waals surface area contributed by atoms with Crippen molar-refractivity contribution >= 4 is 29.0 Å². The van der Waals surface area contributed by atoms with E-state index in [9.17, 15) is 4.79 Å². The maximum absolute atomic E-state index is 12.5. The van der Waals surface area contributed by atoms with Gasteiger partial charge in [0.25, 0.3) is 0 Å². The molecule has 1 heterocycles. The Morgan fingerprint density at radius 1 is 1.39 bits per heavy atom. The van der Waals surface area contributed by atoms with Gasteiger partial charge >= 0.3 is 0 Å². The number of carbonyl (C=O) groups is 1. The predicted molar refractivity (Wildman–Crippen MR) is 78.0 cm³/mol. The third-order valence-electron chi connectivity index (χ3n) is 2.95. The van der Waals surface area contributed by atoms with Crippen LogP contribution in [0.3, 0.4) is 0 Å². The Labute approximate surface area is 113 Å². The number of thioether (sulfide) groups is 1. The van der Waals surface area contributed by atoms with Gasteiger partial charge in [-0.1, -0.05) is 13.8 Å². The normalized spacial score (nSPS) is 18.1. The molecule has 0 unspecified atom stereocenters. The standard InChI is InChI=1S/C14H20N2OS/c1-9(2)8-16-11-6-5-10(15)7-12(11)18-14(3,4)13(16)17/h5-7,9H,8,15H2,1-4H3. The molecule has 0 aromatic heterocycles. The first-order valence-electron chi connectivity index (χ1n) is 6.22. The largest absolute Gasteiger partial charge is 0.399 e. The van der Waals surface area contributed by atoms with Crippen molar-refractivity contribution in [1.82, 2.24) is 0 Å². The lowest BCUT2D eigenvalue weighted by atomic mass is 10.1. The SMILES string of the molecule is CC(C)CN1C(=O)C(C)(C)Sc2cc(N)ccc21. The second-order valence-corrected chi connectivity index (χ2v) is 7.31. The van der Waals surface area contributed by atoms with E-state index in [0.717, 1.165) is 22.8 Å². The summed E-state index contributed by atoms with van der Waals surface area (Å²) in [6.07, 6.45) is 0. The minimum Gasteiger partial charge on any atom is -0.399 e. The van der Waals surface area contributed by atoms with Crippen molar-refractivity contribution < 1.29 is 4.79 Å². The highest BCUT2D eigenvalue weighted by Gasteiger charge is 2.39. The van der Waals surface area contributed by atoms with Gasteiger partial charge in [-0.05, 0) is 38.0 Å². The summed E-state index contributed by atoms with van der Waals surface area (Å²) < 4.78 is -0.421. The van der Waals surface area contributed by atoms with E-state index < -0.39 is 4.75 Å². The second kappa shape index (κ2) is 4.50. The lowest BCUT2D eigenvalue weighted by Crippen LogP contribution is -2.47. The molecule has 1 aromatic carbocycles. The highest BCUT2D eigenvalue weighted by molar-refractivity contribution is 8.01. The molecular weight excluding hydrogens is 244 g/mol. The van der Waals surface area contributed by atoms with E-state index in [0.29, 0.717) is 5.92 Å². The highest BCUT2D eigenvalue weighted by atomic mass is 32.2.